The summed E-state index contributed by atoms with van der Waals surface area (Å²) in [6.45, 7) is 5.26. The highest BCUT2D eigenvalue weighted by atomic mass is 32.2. The van der Waals surface area contributed by atoms with Gasteiger partial charge in [-0.15, -0.1) is 0 Å². The van der Waals surface area contributed by atoms with Crippen molar-refractivity contribution in [1.82, 2.24) is 0 Å². The summed E-state index contributed by atoms with van der Waals surface area (Å²) in [5.74, 6) is 0. The normalized spacial score (nSPS) is 14.8. The van der Waals surface area contributed by atoms with Crippen molar-refractivity contribution in [3.05, 3.63) is 24.3 Å². The SMILES string of the molecule is C/C=C/CC/C=C/CCCC(P(=O)(OCC)OCC)S(=O)(=O)O. The van der Waals surface area contributed by atoms with Crippen LogP contribution in [0.2, 0.25) is 0 Å². The molecule has 0 rings (SSSR count). The van der Waals surface area contributed by atoms with E-state index in [1.807, 2.05) is 25.2 Å². The van der Waals surface area contributed by atoms with Gasteiger partial charge in [0.15, 0.2) is 4.99 Å². The Labute approximate surface area is 140 Å². The van der Waals surface area contributed by atoms with Gasteiger partial charge < -0.3 is 9.05 Å². The van der Waals surface area contributed by atoms with E-state index in [1.54, 1.807) is 13.8 Å². The topological polar surface area (TPSA) is 89.9 Å². The van der Waals surface area contributed by atoms with Crippen molar-refractivity contribution in [3.63, 3.8) is 0 Å². The first-order chi connectivity index (χ1) is 10.8. The van der Waals surface area contributed by atoms with Crippen LogP contribution in [0.5, 0.6) is 0 Å². The number of allylic oxidation sites excluding steroid dienone is 4. The Hall–Kier alpha value is -0.460. The van der Waals surface area contributed by atoms with Gasteiger partial charge in [0.25, 0.3) is 10.1 Å². The lowest BCUT2D eigenvalue weighted by Gasteiger charge is -2.23. The van der Waals surface area contributed by atoms with E-state index < -0.39 is 22.7 Å². The molecule has 0 amide bonds. The predicted molar refractivity (Wildman–Crippen MR) is 93.2 cm³/mol. The van der Waals surface area contributed by atoms with Crippen LogP contribution < -0.4 is 0 Å². The maximum atomic E-state index is 12.6. The first-order valence-electron chi connectivity index (χ1n) is 7.93. The average molecular weight is 368 g/mol. The van der Waals surface area contributed by atoms with E-state index in [4.69, 9.17) is 9.05 Å². The summed E-state index contributed by atoms with van der Waals surface area (Å²) in [5, 5.41) is 0. The fourth-order valence-corrected chi connectivity index (χ4v) is 5.80. The van der Waals surface area contributed by atoms with Crippen LogP contribution in [0, 0.1) is 0 Å². The van der Waals surface area contributed by atoms with E-state index in [1.165, 1.54) is 0 Å². The van der Waals surface area contributed by atoms with Crippen molar-refractivity contribution in [2.45, 2.75) is 57.9 Å². The molecule has 0 aliphatic carbocycles. The summed E-state index contributed by atoms with van der Waals surface area (Å²) in [6.07, 6.45) is 11.0. The molecule has 0 radical (unpaired) electrons. The lowest BCUT2D eigenvalue weighted by molar-refractivity contribution is 0.215. The second-order valence-corrected chi connectivity index (χ2v) is 9.06. The lowest BCUT2D eigenvalue weighted by Crippen LogP contribution is -2.23. The van der Waals surface area contributed by atoms with Crippen LogP contribution in [0.4, 0.5) is 0 Å². The molecule has 0 aliphatic rings. The van der Waals surface area contributed by atoms with E-state index in [2.05, 4.69) is 6.08 Å². The minimum atomic E-state index is -4.52. The van der Waals surface area contributed by atoms with Crippen LogP contribution in [-0.4, -0.2) is 31.2 Å². The molecule has 0 aromatic carbocycles. The second kappa shape index (κ2) is 12.0. The summed E-state index contributed by atoms with van der Waals surface area (Å²) in [5.41, 5.74) is 0. The highest BCUT2D eigenvalue weighted by molar-refractivity contribution is 7.94. The lowest BCUT2D eigenvalue weighted by atomic mass is 10.2. The molecular formula is C15H29O6PS. The van der Waals surface area contributed by atoms with Crippen molar-refractivity contribution in [3.8, 4) is 0 Å². The summed E-state index contributed by atoms with van der Waals surface area (Å²) in [4.78, 5) is -1.54. The summed E-state index contributed by atoms with van der Waals surface area (Å²) in [7, 11) is -8.41. The minimum Gasteiger partial charge on any atom is -0.308 e. The number of rotatable bonds is 13. The van der Waals surface area contributed by atoms with Crippen LogP contribution in [-0.2, 0) is 23.7 Å². The minimum absolute atomic E-state index is 0.0231. The quantitative estimate of drug-likeness (QED) is 0.222. The van der Waals surface area contributed by atoms with E-state index in [9.17, 15) is 17.5 Å². The Bertz CT molecular complexity index is 502. The van der Waals surface area contributed by atoms with Crippen molar-refractivity contribution < 1.29 is 26.6 Å². The molecule has 0 aliphatic heterocycles. The largest absolute Gasteiger partial charge is 0.351 e. The third-order valence-electron chi connectivity index (χ3n) is 3.04. The molecule has 1 atom stereocenters. The van der Waals surface area contributed by atoms with E-state index in [0.29, 0.717) is 12.8 Å². The molecule has 0 aromatic heterocycles. The third-order valence-corrected chi connectivity index (χ3v) is 7.74. The van der Waals surface area contributed by atoms with Gasteiger partial charge in [-0.3, -0.25) is 9.12 Å². The monoisotopic (exact) mass is 368 g/mol. The van der Waals surface area contributed by atoms with Crippen LogP contribution in [0.1, 0.15) is 52.9 Å². The maximum Gasteiger partial charge on any atom is 0.351 e. The third kappa shape index (κ3) is 9.42. The van der Waals surface area contributed by atoms with Crippen molar-refractivity contribution >= 4 is 17.7 Å². The molecule has 8 heteroatoms. The number of hydrogen-bond acceptors (Lipinski definition) is 5. The first kappa shape index (κ1) is 22.5. The van der Waals surface area contributed by atoms with E-state index in [0.717, 1.165) is 12.8 Å². The van der Waals surface area contributed by atoms with Crippen LogP contribution >= 0.6 is 7.60 Å². The molecule has 1 N–H and O–H groups in total. The molecule has 6 nitrogen and oxygen atoms in total. The Morgan fingerprint density at radius 3 is 2.04 bits per heavy atom. The highest BCUT2D eigenvalue weighted by Gasteiger charge is 2.43. The maximum absolute atomic E-state index is 12.6. The molecule has 0 saturated carbocycles. The van der Waals surface area contributed by atoms with Crippen LogP contribution in [0.15, 0.2) is 24.3 Å². The first-order valence-corrected chi connectivity index (χ1v) is 11.0. The smallest absolute Gasteiger partial charge is 0.308 e. The zero-order chi connectivity index (χ0) is 17.8. The van der Waals surface area contributed by atoms with Gasteiger partial charge in [0.1, 0.15) is 0 Å². The molecule has 0 heterocycles. The van der Waals surface area contributed by atoms with Crippen molar-refractivity contribution in [2.75, 3.05) is 13.2 Å². The second-order valence-electron chi connectivity index (χ2n) is 4.89. The van der Waals surface area contributed by atoms with Crippen LogP contribution in [0.25, 0.3) is 0 Å². The highest BCUT2D eigenvalue weighted by Crippen LogP contribution is 2.56. The summed E-state index contributed by atoms with van der Waals surface area (Å²) in [6, 6.07) is 0. The van der Waals surface area contributed by atoms with Crippen LogP contribution in [0.3, 0.4) is 0 Å². The molecule has 136 valence electrons. The Balaban J connectivity index is 4.67. The Morgan fingerprint density at radius 2 is 1.57 bits per heavy atom. The van der Waals surface area contributed by atoms with Crippen molar-refractivity contribution in [1.29, 1.82) is 0 Å². The fourth-order valence-electron chi connectivity index (χ4n) is 2.04. The molecule has 23 heavy (non-hydrogen) atoms. The average Bonchev–Trinajstić information content (AvgIpc) is 2.44. The van der Waals surface area contributed by atoms with E-state index >= 15 is 0 Å². The fraction of sp³-hybridized carbons (Fsp3) is 0.733. The Morgan fingerprint density at radius 1 is 1.04 bits per heavy atom. The molecule has 0 bridgehead atoms. The molecule has 0 aromatic rings. The van der Waals surface area contributed by atoms with Gasteiger partial charge in [-0.05, 0) is 52.9 Å². The zero-order valence-corrected chi connectivity index (χ0v) is 15.9. The zero-order valence-electron chi connectivity index (χ0n) is 14.2. The van der Waals surface area contributed by atoms with Gasteiger partial charge in [0, 0.05) is 0 Å². The van der Waals surface area contributed by atoms with Gasteiger partial charge in [0.05, 0.1) is 13.2 Å². The summed E-state index contributed by atoms with van der Waals surface area (Å²) >= 11 is 0. The number of hydrogen-bond donors (Lipinski definition) is 1. The van der Waals surface area contributed by atoms with Gasteiger partial charge >= 0.3 is 7.60 Å². The predicted octanol–water partition coefficient (Wildman–Crippen LogP) is 4.55. The molecular weight excluding hydrogens is 339 g/mol. The molecule has 0 saturated heterocycles. The van der Waals surface area contributed by atoms with Gasteiger partial charge in [-0.1, -0.05) is 24.3 Å². The molecule has 0 spiro atoms. The standard InChI is InChI=1S/C15H29O6PS/c1-4-7-8-9-10-11-12-13-14-15(23(17,18)19)22(16,20-5-2)21-6-3/h4,7,10-11,15H,5-6,8-9,12-14H2,1-3H3,(H,17,18,19)/b7-4+,11-10+. The van der Waals surface area contributed by atoms with E-state index in [-0.39, 0.29) is 19.6 Å². The molecule has 0 fully saturated rings. The molecule has 1 unspecified atom stereocenters. The van der Waals surface area contributed by atoms with Gasteiger partial charge in [-0.25, -0.2) is 0 Å². The van der Waals surface area contributed by atoms with Crippen molar-refractivity contribution in [2.24, 2.45) is 0 Å². The number of unbranched alkanes of at least 4 members (excludes halogenated alkanes) is 2. The Kier molecular flexibility index (Phi) is 11.7. The summed E-state index contributed by atoms with van der Waals surface area (Å²) < 4.78 is 55.2. The van der Waals surface area contributed by atoms with Gasteiger partial charge in [0.2, 0.25) is 0 Å². The van der Waals surface area contributed by atoms with Gasteiger partial charge in [-0.2, -0.15) is 8.42 Å².